The van der Waals surface area contributed by atoms with E-state index in [1.54, 1.807) is 11.8 Å². The Morgan fingerprint density at radius 2 is 2.00 bits per heavy atom. The molecule has 0 spiro atoms. The van der Waals surface area contributed by atoms with E-state index in [9.17, 15) is 4.79 Å². The van der Waals surface area contributed by atoms with Crippen molar-refractivity contribution in [2.24, 2.45) is 0 Å². The summed E-state index contributed by atoms with van der Waals surface area (Å²) in [5.74, 6) is -0.0275. The minimum atomic E-state index is -0.0275. The first-order chi connectivity index (χ1) is 13.3. The van der Waals surface area contributed by atoms with Crippen molar-refractivity contribution in [3.8, 4) is 0 Å². The van der Waals surface area contributed by atoms with Crippen molar-refractivity contribution in [3.63, 3.8) is 0 Å². The molecule has 1 aromatic carbocycles. The summed E-state index contributed by atoms with van der Waals surface area (Å²) in [6.07, 6.45) is 10.3. The number of aromatic nitrogens is 1. The Morgan fingerprint density at radius 1 is 1.15 bits per heavy atom. The van der Waals surface area contributed by atoms with Gasteiger partial charge in [0.25, 0.3) is 5.91 Å². The van der Waals surface area contributed by atoms with Crippen LogP contribution in [0, 0.1) is 0 Å². The SMILES string of the molecule is CCN(Cc1ccccc1)C(=O)c1ccc(NCCC2=CCCCC2)cn1. The van der Waals surface area contributed by atoms with E-state index in [2.05, 4.69) is 16.4 Å². The molecule has 1 aliphatic carbocycles. The monoisotopic (exact) mass is 363 g/mol. The first kappa shape index (κ1) is 19.2. The van der Waals surface area contributed by atoms with Crippen LogP contribution in [0.5, 0.6) is 0 Å². The Morgan fingerprint density at radius 3 is 2.67 bits per heavy atom. The van der Waals surface area contributed by atoms with Crippen molar-refractivity contribution >= 4 is 11.6 Å². The van der Waals surface area contributed by atoms with Crippen LogP contribution in [0.1, 0.15) is 55.1 Å². The fourth-order valence-corrected chi connectivity index (χ4v) is 3.42. The van der Waals surface area contributed by atoms with Crippen LogP contribution in [0.25, 0.3) is 0 Å². The second-order valence-corrected chi connectivity index (χ2v) is 7.02. The molecule has 0 bridgehead atoms. The summed E-state index contributed by atoms with van der Waals surface area (Å²) in [5.41, 5.74) is 4.15. The average Bonchev–Trinajstić information content (AvgIpc) is 2.73. The van der Waals surface area contributed by atoms with E-state index >= 15 is 0 Å². The summed E-state index contributed by atoms with van der Waals surface area (Å²) < 4.78 is 0. The third-order valence-corrected chi connectivity index (χ3v) is 5.03. The van der Waals surface area contributed by atoms with Gasteiger partial charge in [0.15, 0.2) is 0 Å². The van der Waals surface area contributed by atoms with Crippen LogP contribution in [-0.4, -0.2) is 28.9 Å². The Hall–Kier alpha value is -2.62. The molecule has 1 aliphatic rings. The zero-order valence-corrected chi connectivity index (χ0v) is 16.2. The number of carbonyl (C=O) groups is 1. The number of hydrogen-bond acceptors (Lipinski definition) is 3. The highest BCUT2D eigenvalue weighted by molar-refractivity contribution is 5.92. The van der Waals surface area contributed by atoms with E-state index in [0.717, 1.165) is 24.2 Å². The molecule has 0 aliphatic heterocycles. The molecular formula is C23H29N3O. The number of anilines is 1. The zero-order valence-electron chi connectivity index (χ0n) is 16.2. The molecular weight excluding hydrogens is 334 g/mol. The second-order valence-electron chi connectivity index (χ2n) is 7.02. The molecule has 1 amide bonds. The molecule has 0 saturated carbocycles. The summed E-state index contributed by atoms with van der Waals surface area (Å²) in [6.45, 7) is 4.17. The predicted octanol–water partition coefficient (Wildman–Crippen LogP) is 5.05. The maximum atomic E-state index is 12.7. The minimum Gasteiger partial charge on any atom is -0.383 e. The molecule has 0 unspecified atom stereocenters. The minimum absolute atomic E-state index is 0.0275. The van der Waals surface area contributed by atoms with Crippen molar-refractivity contribution in [2.45, 2.75) is 45.6 Å². The number of rotatable bonds is 8. The van der Waals surface area contributed by atoms with Gasteiger partial charge in [0.05, 0.1) is 11.9 Å². The summed E-state index contributed by atoms with van der Waals surface area (Å²) >= 11 is 0. The topological polar surface area (TPSA) is 45.2 Å². The van der Waals surface area contributed by atoms with E-state index in [-0.39, 0.29) is 5.91 Å². The Bertz CT molecular complexity index is 753. The van der Waals surface area contributed by atoms with Gasteiger partial charge in [0.1, 0.15) is 5.69 Å². The molecule has 0 atom stereocenters. The van der Waals surface area contributed by atoms with Gasteiger partial charge in [-0.3, -0.25) is 4.79 Å². The van der Waals surface area contributed by atoms with Gasteiger partial charge in [-0.15, -0.1) is 0 Å². The Labute approximate surface area is 162 Å². The van der Waals surface area contributed by atoms with E-state index in [1.165, 1.54) is 25.7 Å². The number of allylic oxidation sites excluding steroid dienone is 1. The van der Waals surface area contributed by atoms with Crippen molar-refractivity contribution in [2.75, 3.05) is 18.4 Å². The number of carbonyl (C=O) groups excluding carboxylic acids is 1. The summed E-state index contributed by atoms with van der Waals surface area (Å²) in [4.78, 5) is 19.0. The summed E-state index contributed by atoms with van der Waals surface area (Å²) in [6, 6.07) is 13.8. The second kappa shape index (κ2) is 9.91. The maximum Gasteiger partial charge on any atom is 0.272 e. The van der Waals surface area contributed by atoms with Gasteiger partial charge in [-0.05, 0) is 56.7 Å². The van der Waals surface area contributed by atoms with Crippen molar-refractivity contribution in [1.29, 1.82) is 0 Å². The van der Waals surface area contributed by atoms with Crippen LogP contribution < -0.4 is 5.32 Å². The van der Waals surface area contributed by atoms with E-state index < -0.39 is 0 Å². The molecule has 3 rings (SSSR count). The highest BCUT2D eigenvalue weighted by Gasteiger charge is 2.15. The molecule has 0 radical (unpaired) electrons. The Balaban J connectivity index is 1.53. The van der Waals surface area contributed by atoms with Crippen LogP contribution in [0.2, 0.25) is 0 Å². The zero-order chi connectivity index (χ0) is 18.9. The summed E-state index contributed by atoms with van der Waals surface area (Å²) in [7, 11) is 0. The first-order valence-electron chi connectivity index (χ1n) is 9.97. The number of nitrogens with zero attached hydrogens (tertiary/aromatic N) is 2. The smallest absolute Gasteiger partial charge is 0.272 e. The predicted molar refractivity (Wildman–Crippen MR) is 111 cm³/mol. The van der Waals surface area contributed by atoms with Crippen LogP contribution in [0.15, 0.2) is 60.3 Å². The van der Waals surface area contributed by atoms with Gasteiger partial charge in [-0.25, -0.2) is 4.98 Å². The van der Waals surface area contributed by atoms with Crippen LogP contribution >= 0.6 is 0 Å². The van der Waals surface area contributed by atoms with Crippen LogP contribution in [-0.2, 0) is 6.54 Å². The van der Waals surface area contributed by atoms with Gasteiger partial charge < -0.3 is 10.2 Å². The van der Waals surface area contributed by atoms with E-state index in [4.69, 9.17) is 0 Å². The van der Waals surface area contributed by atoms with Crippen LogP contribution in [0.3, 0.4) is 0 Å². The van der Waals surface area contributed by atoms with Crippen molar-refractivity contribution in [3.05, 3.63) is 71.6 Å². The van der Waals surface area contributed by atoms with Gasteiger partial charge in [-0.1, -0.05) is 42.0 Å². The van der Waals surface area contributed by atoms with Crippen LogP contribution in [0.4, 0.5) is 5.69 Å². The lowest BCUT2D eigenvalue weighted by Gasteiger charge is -2.20. The average molecular weight is 364 g/mol. The molecule has 0 fully saturated rings. The first-order valence-corrected chi connectivity index (χ1v) is 9.97. The lowest BCUT2D eigenvalue weighted by molar-refractivity contribution is 0.0746. The highest BCUT2D eigenvalue weighted by atomic mass is 16.2. The number of amides is 1. The highest BCUT2D eigenvalue weighted by Crippen LogP contribution is 2.20. The molecule has 4 heteroatoms. The largest absolute Gasteiger partial charge is 0.383 e. The molecule has 27 heavy (non-hydrogen) atoms. The van der Waals surface area contributed by atoms with E-state index in [1.807, 2.05) is 54.3 Å². The number of nitrogens with one attached hydrogen (secondary N) is 1. The molecule has 1 heterocycles. The third-order valence-electron chi connectivity index (χ3n) is 5.03. The van der Waals surface area contributed by atoms with Crippen molar-refractivity contribution < 1.29 is 4.79 Å². The number of pyridine rings is 1. The van der Waals surface area contributed by atoms with E-state index in [0.29, 0.717) is 18.8 Å². The molecule has 142 valence electrons. The quantitative estimate of drug-likeness (QED) is 0.668. The fraction of sp³-hybridized carbons (Fsp3) is 0.391. The molecule has 0 saturated heterocycles. The van der Waals surface area contributed by atoms with Gasteiger partial charge in [-0.2, -0.15) is 0 Å². The third kappa shape index (κ3) is 5.68. The summed E-state index contributed by atoms with van der Waals surface area (Å²) in [5, 5.41) is 3.41. The fourth-order valence-electron chi connectivity index (χ4n) is 3.42. The molecule has 4 nitrogen and oxygen atoms in total. The molecule has 1 N–H and O–H groups in total. The molecule has 2 aromatic rings. The maximum absolute atomic E-state index is 12.7. The standard InChI is InChI=1S/C23H29N3O/c1-2-26(18-20-11-7-4-8-12-20)23(27)22-14-13-21(17-25-22)24-16-15-19-9-5-3-6-10-19/h4,7-9,11-14,17,24H,2-3,5-6,10,15-16,18H2,1H3. The number of benzene rings is 1. The normalized spacial score (nSPS) is 13.7. The van der Waals surface area contributed by atoms with Gasteiger partial charge in [0.2, 0.25) is 0 Å². The van der Waals surface area contributed by atoms with Gasteiger partial charge in [0, 0.05) is 19.6 Å². The Kier molecular flexibility index (Phi) is 7.03. The van der Waals surface area contributed by atoms with Crippen molar-refractivity contribution in [1.82, 2.24) is 9.88 Å². The molecule has 1 aromatic heterocycles. The lowest BCUT2D eigenvalue weighted by atomic mass is 9.97. The van der Waals surface area contributed by atoms with Gasteiger partial charge >= 0.3 is 0 Å². The lowest BCUT2D eigenvalue weighted by Crippen LogP contribution is -2.30. The number of hydrogen-bond donors (Lipinski definition) is 1.